The van der Waals surface area contributed by atoms with E-state index in [4.69, 9.17) is 23.2 Å². The number of sulfonamides is 1. The number of halogens is 2. The lowest BCUT2D eigenvalue weighted by Crippen LogP contribution is -2.36. The van der Waals surface area contributed by atoms with Gasteiger partial charge < -0.3 is 5.11 Å². The second-order valence-electron chi connectivity index (χ2n) is 6.86. The maximum atomic E-state index is 12.9. The van der Waals surface area contributed by atoms with Crippen molar-refractivity contribution >= 4 is 59.4 Å². The fourth-order valence-electron chi connectivity index (χ4n) is 3.32. The molecule has 3 rings (SSSR count). The van der Waals surface area contributed by atoms with E-state index in [0.29, 0.717) is 5.56 Å². The van der Waals surface area contributed by atoms with E-state index in [1.165, 1.54) is 18.3 Å². The Bertz CT molecular complexity index is 1240. The van der Waals surface area contributed by atoms with Gasteiger partial charge in [0.2, 0.25) is 10.0 Å². The van der Waals surface area contributed by atoms with E-state index in [1.807, 2.05) is 0 Å². The molecule has 156 valence electrons. The van der Waals surface area contributed by atoms with Gasteiger partial charge in [-0.2, -0.15) is 0 Å². The number of sulfone groups is 1. The van der Waals surface area contributed by atoms with Gasteiger partial charge in [0.1, 0.15) is 10.6 Å². The molecule has 0 aliphatic carbocycles. The highest BCUT2D eigenvalue weighted by atomic mass is 35.5. The number of hydrogen-bond donors (Lipinski definition) is 1. The fourth-order valence-corrected chi connectivity index (χ4v) is 7.09. The first kappa shape index (κ1) is 21.9. The standard InChI is InChI=1S/C18H18Cl2N2O5S2/c1-10(2)22(28(3,24)25)16-13(19)7-6-12(14(16)20)18-17(23)15-11(5-4-8-21-15)9-29(18,26)27/h4-8,10,23H,9H2,1-3H3. The normalized spacial score (nSPS) is 16.1. The highest BCUT2D eigenvalue weighted by molar-refractivity contribution is 8.00. The van der Waals surface area contributed by atoms with Crippen LogP contribution in [-0.4, -0.2) is 39.2 Å². The van der Waals surface area contributed by atoms with Crippen molar-refractivity contribution in [2.24, 2.45) is 0 Å². The van der Waals surface area contributed by atoms with Gasteiger partial charge in [0.15, 0.2) is 15.6 Å². The predicted octanol–water partition coefficient (Wildman–Crippen LogP) is 3.88. The van der Waals surface area contributed by atoms with Crippen LogP contribution in [0.15, 0.2) is 30.5 Å². The van der Waals surface area contributed by atoms with Crippen LogP contribution in [0.5, 0.6) is 0 Å². The molecular weight excluding hydrogens is 459 g/mol. The third-order valence-corrected chi connectivity index (χ3v) is 8.08. The molecule has 0 saturated carbocycles. The number of anilines is 1. The number of aliphatic hydroxyl groups excluding tert-OH is 1. The Balaban J connectivity index is 2.37. The number of hydrogen-bond acceptors (Lipinski definition) is 6. The molecule has 2 heterocycles. The number of nitrogens with zero attached hydrogens (tertiary/aromatic N) is 2. The first-order valence-electron chi connectivity index (χ1n) is 8.44. The summed E-state index contributed by atoms with van der Waals surface area (Å²) in [5.74, 6) is -0.915. The monoisotopic (exact) mass is 476 g/mol. The number of benzene rings is 1. The van der Waals surface area contributed by atoms with Crippen molar-refractivity contribution in [3.63, 3.8) is 0 Å². The maximum Gasteiger partial charge on any atom is 0.232 e. The van der Waals surface area contributed by atoms with Crippen LogP contribution in [0.3, 0.4) is 0 Å². The van der Waals surface area contributed by atoms with Crippen LogP contribution in [0, 0.1) is 0 Å². The molecule has 1 N–H and O–H groups in total. The lowest BCUT2D eigenvalue weighted by Gasteiger charge is -2.29. The molecule has 0 amide bonds. The molecule has 29 heavy (non-hydrogen) atoms. The van der Waals surface area contributed by atoms with Crippen molar-refractivity contribution in [1.29, 1.82) is 0 Å². The van der Waals surface area contributed by atoms with Gasteiger partial charge in [-0.3, -0.25) is 9.29 Å². The van der Waals surface area contributed by atoms with Crippen molar-refractivity contribution in [3.8, 4) is 0 Å². The topological polar surface area (TPSA) is 105 Å². The van der Waals surface area contributed by atoms with Crippen LogP contribution in [0.1, 0.15) is 30.7 Å². The molecular formula is C18H18Cl2N2O5S2. The SMILES string of the molecule is CC(C)N(c1c(Cl)ccc(C2=C(O)c3ncccc3CS2(=O)=O)c1Cl)S(C)(=O)=O. The second-order valence-corrected chi connectivity index (χ2v) is 11.4. The summed E-state index contributed by atoms with van der Waals surface area (Å²) in [4.78, 5) is 3.65. The Kier molecular flexibility index (Phi) is 5.63. The van der Waals surface area contributed by atoms with E-state index in [2.05, 4.69) is 4.98 Å². The summed E-state index contributed by atoms with van der Waals surface area (Å²) in [5, 5.41) is 10.6. The number of rotatable bonds is 4. The first-order valence-corrected chi connectivity index (χ1v) is 12.7. The molecule has 1 aliphatic rings. The minimum Gasteiger partial charge on any atom is -0.504 e. The second kappa shape index (κ2) is 7.46. The van der Waals surface area contributed by atoms with Crippen LogP contribution >= 0.6 is 23.2 Å². The molecule has 0 unspecified atom stereocenters. The van der Waals surface area contributed by atoms with Crippen LogP contribution in [-0.2, 0) is 25.6 Å². The summed E-state index contributed by atoms with van der Waals surface area (Å²) >= 11 is 12.7. The molecule has 0 radical (unpaired) electrons. The summed E-state index contributed by atoms with van der Waals surface area (Å²) in [7, 11) is -7.76. The zero-order chi connectivity index (χ0) is 21.7. The van der Waals surface area contributed by atoms with Gasteiger partial charge in [0.05, 0.1) is 27.7 Å². The highest BCUT2D eigenvalue weighted by Crippen LogP contribution is 2.45. The van der Waals surface area contributed by atoms with E-state index in [1.54, 1.807) is 26.0 Å². The molecule has 11 heteroatoms. The van der Waals surface area contributed by atoms with Crippen molar-refractivity contribution in [3.05, 3.63) is 57.3 Å². The Morgan fingerprint density at radius 2 is 1.86 bits per heavy atom. The van der Waals surface area contributed by atoms with Gasteiger partial charge in [0.25, 0.3) is 0 Å². The van der Waals surface area contributed by atoms with Gasteiger partial charge >= 0.3 is 0 Å². The third-order valence-electron chi connectivity index (χ3n) is 4.35. The quantitative estimate of drug-likeness (QED) is 0.717. The number of aromatic nitrogens is 1. The van der Waals surface area contributed by atoms with E-state index < -0.39 is 36.6 Å². The van der Waals surface area contributed by atoms with E-state index in [0.717, 1.165) is 10.6 Å². The van der Waals surface area contributed by atoms with Gasteiger partial charge in [-0.25, -0.2) is 16.8 Å². The minimum absolute atomic E-state index is 0.0321. The Morgan fingerprint density at radius 1 is 1.21 bits per heavy atom. The molecule has 7 nitrogen and oxygen atoms in total. The summed E-state index contributed by atoms with van der Waals surface area (Å²) in [6.45, 7) is 3.27. The van der Waals surface area contributed by atoms with Gasteiger partial charge in [-0.1, -0.05) is 35.3 Å². The minimum atomic E-state index is -3.98. The zero-order valence-electron chi connectivity index (χ0n) is 15.7. The number of fused-ring (bicyclic) bond motifs is 1. The van der Waals surface area contributed by atoms with E-state index >= 15 is 0 Å². The molecule has 1 aliphatic heterocycles. The largest absolute Gasteiger partial charge is 0.504 e. The molecule has 1 aromatic heterocycles. The average Bonchev–Trinajstić information content (AvgIpc) is 2.58. The Morgan fingerprint density at radius 3 is 2.45 bits per heavy atom. The van der Waals surface area contributed by atoms with Crippen molar-refractivity contribution in [1.82, 2.24) is 4.98 Å². The fraction of sp³-hybridized carbons (Fsp3) is 0.278. The molecule has 2 aromatic rings. The van der Waals surface area contributed by atoms with Crippen LogP contribution in [0.25, 0.3) is 10.7 Å². The van der Waals surface area contributed by atoms with Gasteiger partial charge in [-0.15, -0.1) is 0 Å². The maximum absolute atomic E-state index is 12.9. The van der Waals surface area contributed by atoms with E-state index in [9.17, 15) is 21.9 Å². The van der Waals surface area contributed by atoms with Gasteiger partial charge in [0, 0.05) is 17.8 Å². The van der Waals surface area contributed by atoms with Crippen molar-refractivity contribution < 1.29 is 21.9 Å². The molecule has 0 bridgehead atoms. The molecule has 0 fully saturated rings. The summed E-state index contributed by atoms with van der Waals surface area (Å²) in [5.41, 5.74) is 0.396. The predicted molar refractivity (Wildman–Crippen MR) is 115 cm³/mol. The molecule has 1 aromatic carbocycles. The third kappa shape index (κ3) is 3.84. The number of aliphatic hydroxyl groups is 1. The summed E-state index contributed by atoms with van der Waals surface area (Å²) < 4.78 is 51.6. The molecule has 0 spiro atoms. The van der Waals surface area contributed by atoms with E-state index in [-0.39, 0.29) is 32.7 Å². The number of pyridine rings is 1. The summed E-state index contributed by atoms with van der Waals surface area (Å²) in [6, 6.07) is 5.29. The lowest BCUT2D eigenvalue weighted by atomic mass is 10.1. The Labute approximate surface area is 179 Å². The van der Waals surface area contributed by atoms with Gasteiger partial charge in [-0.05, 0) is 31.5 Å². The molecule has 0 saturated heterocycles. The van der Waals surface area contributed by atoms with Crippen LogP contribution in [0.4, 0.5) is 5.69 Å². The highest BCUT2D eigenvalue weighted by Gasteiger charge is 2.36. The van der Waals surface area contributed by atoms with Crippen molar-refractivity contribution in [2.75, 3.05) is 10.6 Å². The molecule has 0 atom stereocenters. The van der Waals surface area contributed by atoms with Crippen LogP contribution in [0.2, 0.25) is 10.0 Å². The van der Waals surface area contributed by atoms with Crippen LogP contribution < -0.4 is 4.31 Å². The first-order chi connectivity index (χ1) is 13.4. The lowest BCUT2D eigenvalue weighted by molar-refractivity contribution is 0.508. The zero-order valence-corrected chi connectivity index (χ0v) is 18.9. The smallest absolute Gasteiger partial charge is 0.232 e. The summed E-state index contributed by atoms with van der Waals surface area (Å²) in [6.07, 6.45) is 2.43. The van der Waals surface area contributed by atoms with Crippen molar-refractivity contribution in [2.45, 2.75) is 25.6 Å². The average molecular weight is 477 g/mol. The Hall–Kier alpha value is -1.81.